The molecule has 1 rings (SSSR count). The number of hydrogen-bond donors (Lipinski definition) is 3. The van der Waals surface area contributed by atoms with Crippen molar-refractivity contribution in [2.75, 3.05) is 25.6 Å². The molecule has 4 heteroatoms. The molecule has 0 bridgehead atoms. The Morgan fingerprint density at radius 3 is 2.53 bits per heavy atom. The Labute approximate surface area is 103 Å². The van der Waals surface area contributed by atoms with E-state index in [-0.39, 0.29) is 12.6 Å². The number of nitrogens with one attached hydrogen (secondary N) is 1. The van der Waals surface area contributed by atoms with Gasteiger partial charge in [0.15, 0.2) is 0 Å². The molecular weight excluding hydrogens is 216 g/mol. The molecule has 0 aliphatic heterocycles. The molecule has 1 unspecified atom stereocenters. The predicted octanol–water partition coefficient (Wildman–Crippen LogP) is 1.35. The molecular formula is C13H22N2O2. The highest BCUT2D eigenvalue weighted by molar-refractivity contribution is 5.61. The summed E-state index contributed by atoms with van der Waals surface area (Å²) in [5.74, 6) is 0.930. The van der Waals surface area contributed by atoms with Gasteiger partial charge in [0.1, 0.15) is 5.75 Å². The second-order valence-electron chi connectivity index (χ2n) is 4.35. The maximum atomic E-state index is 8.89. The van der Waals surface area contributed by atoms with Crippen LogP contribution in [0.1, 0.15) is 16.7 Å². The second kappa shape index (κ2) is 5.89. The first-order chi connectivity index (χ1) is 8.01. The molecule has 0 saturated heterocycles. The SMILES string of the molecule is COc1c(C)cc(NCC(N)CO)c(C)c1C. The molecule has 0 spiro atoms. The minimum atomic E-state index is -0.239. The van der Waals surface area contributed by atoms with E-state index in [1.54, 1.807) is 7.11 Å². The van der Waals surface area contributed by atoms with Gasteiger partial charge in [-0.1, -0.05) is 0 Å². The van der Waals surface area contributed by atoms with Gasteiger partial charge in [-0.2, -0.15) is 0 Å². The van der Waals surface area contributed by atoms with Crippen molar-refractivity contribution in [2.45, 2.75) is 26.8 Å². The number of ether oxygens (including phenoxy) is 1. The van der Waals surface area contributed by atoms with Crippen LogP contribution in [0.2, 0.25) is 0 Å². The zero-order chi connectivity index (χ0) is 13.0. The van der Waals surface area contributed by atoms with Gasteiger partial charge in [-0.15, -0.1) is 0 Å². The summed E-state index contributed by atoms with van der Waals surface area (Å²) in [6, 6.07) is 1.81. The first kappa shape index (κ1) is 13.8. The van der Waals surface area contributed by atoms with Gasteiger partial charge in [0.05, 0.1) is 13.7 Å². The lowest BCUT2D eigenvalue weighted by Gasteiger charge is -2.18. The number of aliphatic hydroxyl groups excluding tert-OH is 1. The summed E-state index contributed by atoms with van der Waals surface area (Å²) >= 11 is 0. The van der Waals surface area contributed by atoms with Gasteiger partial charge < -0.3 is 20.9 Å². The number of hydrogen-bond acceptors (Lipinski definition) is 4. The average Bonchev–Trinajstić information content (AvgIpc) is 2.32. The van der Waals surface area contributed by atoms with Crippen LogP contribution in [0.15, 0.2) is 6.07 Å². The van der Waals surface area contributed by atoms with Crippen molar-refractivity contribution in [3.63, 3.8) is 0 Å². The molecule has 17 heavy (non-hydrogen) atoms. The summed E-state index contributed by atoms with van der Waals surface area (Å²) in [6.45, 7) is 6.65. The normalized spacial score (nSPS) is 12.4. The molecule has 4 nitrogen and oxygen atoms in total. The van der Waals surface area contributed by atoms with E-state index in [0.717, 1.165) is 28.1 Å². The third kappa shape index (κ3) is 3.11. The fraction of sp³-hybridized carbons (Fsp3) is 0.538. The topological polar surface area (TPSA) is 67.5 Å². The summed E-state index contributed by atoms with van der Waals surface area (Å²) in [5, 5.41) is 12.1. The van der Waals surface area contributed by atoms with E-state index >= 15 is 0 Å². The smallest absolute Gasteiger partial charge is 0.125 e. The molecule has 1 aromatic rings. The molecule has 0 heterocycles. The van der Waals surface area contributed by atoms with Crippen molar-refractivity contribution >= 4 is 5.69 Å². The predicted molar refractivity (Wildman–Crippen MR) is 70.8 cm³/mol. The first-order valence-corrected chi connectivity index (χ1v) is 5.76. The fourth-order valence-corrected chi connectivity index (χ4v) is 1.86. The lowest BCUT2D eigenvalue weighted by atomic mass is 10.0. The van der Waals surface area contributed by atoms with Crippen molar-refractivity contribution in [1.82, 2.24) is 0 Å². The van der Waals surface area contributed by atoms with E-state index in [1.165, 1.54) is 0 Å². The Kier molecular flexibility index (Phi) is 4.78. The van der Waals surface area contributed by atoms with Crippen LogP contribution in [0.25, 0.3) is 0 Å². The molecule has 0 amide bonds. The van der Waals surface area contributed by atoms with Crippen LogP contribution >= 0.6 is 0 Å². The number of rotatable bonds is 5. The number of aryl methyl sites for hydroxylation is 1. The summed E-state index contributed by atoms with van der Waals surface area (Å²) in [6.07, 6.45) is 0. The van der Waals surface area contributed by atoms with Gasteiger partial charge in [-0.3, -0.25) is 0 Å². The Balaban J connectivity index is 2.94. The van der Waals surface area contributed by atoms with Crippen molar-refractivity contribution in [1.29, 1.82) is 0 Å². The van der Waals surface area contributed by atoms with Crippen molar-refractivity contribution in [3.8, 4) is 5.75 Å². The van der Waals surface area contributed by atoms with E-state index in [2.05, 4.69) is 5.32 Å². The summed E-state index contributed by atoms with van der Waals surface area (Å²) in [4.78, 5) is 0. The first-order valence-electron chi connectivity index (χ1n) is 5.76. The van der Waals surface area contributed by atoms with Crippen LogP contribution in [-0.4, -0.2) is 31.4 Å². The molecule has 0 aliphatic rings. The van der Waals surface area contributed by atoms with Crippen LogP contribution in [0, 0.1) is 20.8 Å². The summed E-state index contributed by atoms with van der Waals surface area (Å²) < 4.78 is 5.37. The lowest BCUT2D eigenvalue weighted by Crippen LogP contribution is -2.32. The Hall–Kier alpha value is -1.26. The summed E-state index contributed by atoms with van der Waals surface area (Å²) in [5.41, 5.74) is 10.1. The standard InChI is InChI=1S/C13H22N2O2/c1-8-5-12(15-6-11(14)7-16)9(2)10(3)13(8)17-4/h5,11,15-16H,6-7,14H2,1-4H3. The van der Waals surface area contributed by atoms with Crippen molar-refractivity contribution < 1.29 is 9.84 Å². The molecule has 0 radical (unpaired) electrons. The van der Waals surface area contributed by atoms with Crippen LogP contribution in [0.4, 0.5) is 5.69 Å². The zero-order valence-corrected chi connectivity index (χ0v) is 11.0. The van der Waals surface area contributed by atoms with E-state index < -0.39 is 0 Å². The maximum Gasteiger partial charge on any atom is 0.125 e. The van der Waals surface area contributed by atoms with Crippen LogP contribution in [-0.2, 0) is 0 Å². The molecule has 0 fully saturated rings. The Morgan fingerprint density at radius 1 is 1.35 bits per heavy atom. The number of benzene rings is 1. The Bertz CT molecular complexity index is 391. The van der Waals surface area contributed by atoms with E-state index in [4.69, 9.17) is 15.6 Å². The third-order valence-electron chi connectivity index (χ3n) is 3.02. The van der Waals surface area contributed by atoms with Gasteiger partial charge in [0.25, 0.3) is 0 Å². The largest absolute Gasteiger partial charge is 0.496 e. The molecule has 4 N–H and O–H groups in total. The van der Waals surface area contributed by atoms with Gasteiger partial charge >= 0.3 is 0 Å². The molecule has 96 valence electrons. The van der Waals surface area contributed by atoms with Gasteiger partial charge in [0, 0.05) is 18.3 Å². The van der Waals surface area contributed by atoms with E-state index in [1.807, 2.05) is 26.8 Å². The fourth-order valence-electron chi connectivity index (χ4n) is 1.86. The van der Waals surface area contributed by atoms with Crippen molar-refractivity contribution in [2.24, 2.45) is 5.73 Å². The second-order valence-corrected chi connectivity index (χ2v) is 4.35. The summed E-state index contributed by atoms with van der Waals surface area (Å²) in [7, 11) is 1.68. The average molecular weight is 238 g/mol. The van der Waals surface area contributed by atoms with E-state index in [9.17, 15) is 0 Å². The minimum Gasteiger partial charge on any atom is -0.496 e. The monoisotopic (exact) mass is 238 g/mol. The van der Waals surface area contributed by atoms with Gasteiger partial charge in [-0.05, 0) is 43.5 Å². The van der Waals surface area contributed by atoms with Crippen LogP contribution < -0.4 is 15.8 Å². The highest BCUT2D eigenvalue weighted by Crippen LogP contribution is 2.31. The number of methoxy groups -OCH3 is 1. The van der Waals surface area contributed by atoms with Crippen LogP contribution in [0.5, 0.6) is 5.75 Å². The van der Waals surface area contributed by atoms with Crippen LogP contribution in [0.3, 0.4) is 0 Å². The van der Waals surface area contributed by atoms with Gasteiger partial charge in [0.2, 0.25) is 0 Å². The van der Waals surface area contributed by atoms with Gasteiger partial charge in [-0.25, -0.2) is 0 Å². The lowest BCUT2D eigenvalue weighted by molar-refractivity contribution is 0.270. The zero-order valence-electron chi connectivity index (χ0n) is 11.0. The third-order valence-corrected chi connectivity index (χ3v) is 3.02. The maximum absolute atomic E-state index is 8.89. The quantitative estimate of drug-likeness (QED) is 0.724. The number of anilines is 1. The Morgan fingerprint density at radius 2 is 2.00 bits per heavy atom. The highest BCUT2D eigenvalue weighted by Gasteiger charge is 2.11. The van der Waals surface area contributed by atoms with E-state index in [0.29, 0.717) is 6.54 Å². The number of aliphatic hydroxyl groups is 1. The number of nitrogens with two attached hydrogens (primary N) is 1. The highest BCUT2D eigenvalue weighted by atomic mass is 16.5. The molecule has 0 saturated carbocycles. The van der Waals surface area contributed by atoms with Crippen molar-refractivity contribution in [3.05, 3.63) is 22.8 Å². The minimum absolute atomic E-state index is 0.0137. The molecule has 0 aromatic heterocycles. The molecule has 1 atom stereocenters. The molecule has 0 aliphatic carbocycles. The molecule has 1 aromatic carbocycles.